The molecule has 43 heavy (non-hydrogen) atoms. The summed E-state index contributed by atoms with van der Waals surface area (Å²) in [5, 5.41) is 3.22. The Kier molecular flexibility index (Phi) is 9.55. The van der Waals surface area contributed by atoms with E-state index in [1.54, 1.807) is 18.2 Å². The van der Waals surface area contributed by atoms with Crippen LogP contribution < -0.4 is 19.1 Å². The number of ether oxygens (including phenoxy) is 2. The summed E-state index contributed by atoms with van der Waals surface area (Å²) in [5.41, 5.74) is 3.10. The number of nitrogens with zero attached hydrogens (tertiary/aromatic N) is 2. The molecule has 3 aromatic carbocycles. The molecule has 1 saturated carbocycles. The molecule has 9 nitrogen and oxygen atoms in total. The lowest BCUT2D eigenvalue weighted by Gasteiger charge is -2.35. The summed E-state index contributed by atoms with van der Waals surface area (Å²) in [4.78, 5) is 29.8. The predicted molar refractivity (Wildman–Crippen MR) is 165 cm³/mol. The number of hydrogen-bond donors (Lipinski definition) is 1. The minimum atomic E-state index is -3.88. The fraction of sp³-hybridized carbons (Fsp3) is 0.394. The number of rotatable bonds is 11. The average Bonchev–Trinajstić information content (AvgIpc) is 3.47. The number of benzene rings is 3. The van der Waals surface area contributed by atoms with E-state index in [-0.39, 0.29) is 31.0 Å². The molecule has 0 spiro atoms. The van der Waals surface area contributed by atoms with E-state index in [4.69, 9.17) is 9.47 Å². The van der Waals surface area contributed by atoms with Crippen LogP contribution in [-0.2, 0) is 32.6 Å². The quantitative estimate of drug-likeness (QED) is 0.343. The van der Waals surface area contributed by atoms with E-state index in [0.717, 1.165) is 59.4 Å². The second kappa shape index (κ2) is 13.5. The molecule has 0 radical (unpaired) electrons. The van der Waals surface area contributed by atoms with Crippen molar-refractivity contribution >= 4 is 27.5 Å². The van der Waals surface area contributed by atoms with Crippen molar-refractivity contribution in [2.45, 2.75) is 64.1 Å². The molecule has 0 saturated heterocycles. The Hall–Kier alpha value is -4.05. The van der Waals surface area contributed by atoms with Crippen LogP contribution in [0.15, 0.2) is 72.8 Å². The summed E-state index contributed by atoms with van der Waals surface area (Å²) in [6.07, 6.45) is 6.42. The highest BCUT2D eigenvalue weighted by atomic mass is 32.2. The molecule has 3 aromatic rings. The Labute approximate surface area is 253 Å². The van der Waals surface area contributed by atoms with Gasteiger partial charge in [-0.1, -0.05) is 79.4 Å². The standard InChI is InChI=1S/C33H39N3O6S/c1-24-13-15-26(16-14-24)21-35(29(19-25-9-5-3-6-10-25)33(38)34-27-11-7-4-8-12-27)32(37)22-36(43(2,39)40)28-17-18-30-31(20-28)42-23-41-30/h3,5-6,9-10,13-18,20,27,29H,4,7-8,11-12,19,21-23H2,1-2H3,(H,34,38)/t29-/m1/s1. The molecule has 0 aromatic heterocycles. The summed E-state index contributed by atoms with van der Waals surface area (Å²) in [7, 11) is -3.88. The molecule has 10 heteroatoms. The second-order valence-corrected chi connectivity index (χ2v) is 13.3. The van der Waals surface area contributed by atoms with E-state index in [2.05, 4.69) is 5.32 Å². The number of fused-ring (bicyclic) bond motifs is 1. The molecule has 228 valence electrons. The summed E-state index contributed by atoms with van der Waals surface area (Å²) < 4.78 is 38.0. The van der Waals surface area contributed by atoms with Crippen LogP contribution in [-0.4, -0.2) is 56.8 Å². The fourth-order valence-electron chi connectivity index (χ4n) is 5.64. The van der Waals surface area contributed by atoms with Gasteiger partial charge in [-0.2, -0.15) is 0 Å². The highest BCUT2D eigenvalue weighted by Gasteiger charge is 2.34. The van der Waals surface area contributed by atoms with E-state index < -0.39 is 28.5 Å². The Bertz CT molecular complexity index is 1520. The number of amides is 2. The molecule has 2 amide bonds. The number of hydrogen-bond acceptors (Lipinski definition) is 6. The number of carbonyl (C=O) groups excluding carboxylic acids is 2. The predicted octanol–water partition coefficient (Wildman–Crippen LogP) is 4.58. The summed E-state index contributed by atoms with van der Waals surface area (Å²) in [6, 6.07) is 21.3. The van der Waals surface area contributed by atoms with Gasteiger partial charge < -0.3 is 19.7 Å². The van der Waals surface area contributed by atoms with Crippen LogP contribution in [0.3, 0.4) is 0 Å². The van der Waals surface area contributed by atoms with E-state index in [1.807, 2.05) is 61.5 Å². The molecule has 1 fully saturated rings. The second-order valence-electron chi connectivity index (χ2n) is 11.4. The Morgan fingerprint density at radius 1 is 0.907 bits per heavy atom. The molecular formula is C33H39N3O6S. The first-order valence-corrected chi connectivity index (χ1v) is 16.6. The van der Waals surface area contributed by atoms with Gasteiger partial charge in [-0.05, 0) is 43.0 Å². The molecular weight excluding hydrogens is 566 g/mol. The van der Waals surface area contributed by atoms with Gasteiger partial charge >= 0.3 is 0 Å². The topological polar surface area (TPSA) is 105 Å². The van der Waals surface area contributed by atoms with Crippen molar-refractivity contribution in [1.29, 1.82) is 0 Å². The molecule has 0 unspecified atom stereocenters. The van der Waals surface area contributed by atoms with Gasteiger partial charge in [-0.15, -0.1) is 0 Å². The summed E-state index contributed by atoms with van der Waals surface area (Å²) in [6.45, 7) is 1.69. The van der Waals surface area contributed by atoms with E-state index in [9.17, 15) is 18.0 Å². The normalized spacial score (nSPS) is 15.5. The number of anilines is 1. The van der Waals surface area contributed by atoms with Gasteiger partial charge in [0.1, 0.15) is 12.6 Å². The van der Waals surface area contributed by atoms with Crippen LogP contribution in [0.2, 0.25) is 0 Å². The Morgan fingerprint density at radius 3 is 2.30 bits per heavy atom. The van der Waals surface area contributed by atoms with Crippen molar-refractivity contribution in [3.8, 4) is 11.5 Å². The van der Waals surface area contributed by atoms with Crippen molar-refractivity contribution in [2.75, 3.05) is 23.9 Å². The Morgan fingerprint density at radius 2 is 1.60 bits per heavy atom. The largest absolute Gasteiger partial charge is 0.454 e. The van der Waals surface area contributed by atoms with Crippen LogP contribution >= 0.6 is 0 Å². The van der Waals surface area contributed by atoms with Crippen LogP contribution in [0.4, 0.5) is 5.69 Å². The zero-order valence-corrected chi connectivity index (χ0v) is 25.5. The Balaban J connectivity index is 1.49. The van der Waals surface area contributed by atoms with Gasteiger partial charge in [0.25, 0.3) is 0 Å². The number of carbonyl (C=O) groups is 2. The van der Waals surface area contributed by atoms with Gasteiger partial charge in [-0.3, -0.25) is 13.9 Å². The first-order valence-electron chi connectivity index (χ1n) is 14.7. The van der Waals surface area contributed by atoms with Crippen molar-refractivity contribution in [2.24, 2.45) is 0 Å². The molecule has 1 N–H and O–H groups in total. The summed E-state index contributed by atoms with van der Waals surface area (Å²) in [5.74, 6) is 0.198. The highest BCUT2D eigenvalue weighted by Crippen LogP contribution is 2.36. The molecule has 1 heterocycles. The fourth-order valence-corrected chi connectivity index (χ4v) is 6.48. The maximum atomic E-state index is 14.3. The average molecular weight is 606 g/mol. The molecule has 1 atom stereocenters. The van der Waals surface area contributed by atoms with E-state index >= 15 is 0 Å². The van der Waals surface area contributed by atoms with E-state index in [0.29, 0.717) is 17.9 Å². The molecule has 1 aliphatic carbocycles. The van der Waals surface area contributed by atoms with Gasteiger partial charge in [0.2, 0.25) is 28.6 Å². The molecule has 2 aliphatic rings. The first-order chi connectivity index (χ1) is 20.7. The van der Waals surface area contributed by atoms with E-state index in [1.165, 1.54) is 4.90 Å². The van der Waals surface area contributed by atoms with Gasteiger partial charge in [0, 0.05) is 25.1 Å². The van der Waals surface area contributed by atoms with Crippen molar-refractivity contribution in [1.82, 2.24) is 10.2 Å². The van der Waals surface area contributed by atoms with Gasteiger partial charge in [0.05, 0.1) is 11.9 Å². The minimum Gasteiger partial charge on any atom is -0.454 e. The molecule has 1 aliphatic heterocycles. The monoisotopic (exact) mass is 605 g/mol. The van der Waals surface area contributed by atoms with Crippen LogP contribution in [0, 0.1) is 6.92 Å². The summed E-state index contributed by atoms with van der Waals surface area (Å²) >= 11 is 0. The lowest BCUT2D eigenvalue weighted by Crippen LogP contribution is -2.55. The van der Waals surface area contributed by atoms with Crippen LogP contribution in [0.5, 0.6) is 11.5 Å². The van der Waals surface area contributed by atoms with Crippen molar-refractivity contribution < 1.29 is 27.5 Å². The molecule has 0 bridgehead atoms. The lowest BCUT2D eigenvalue weighted by atomic mass is 9.94. The lowest BCUT2D eigenvalue weighted by molar-refractivity contribution is -0.140. The van der Waals surface area contributed by atoms with Crippen LogP contribution in [0.25, 0.3) is 0 Å². The number of aryl methyl sites for hydroxylation is 1. The first kappa shape index (κ1) is 30.4. The smallest absolute Gasteiger partial charge is 0.244 e. The molecule has 5 rings (SSSR count). The third-order valence-electron chi connectivity index (χ3n) is 8.02. The zero-order chi connectivity index (χ0) is 30.4. The SMILES string of the molecule is Cc1ccc(CN(C(=O)CN(c2ccc3c(c2)OCO3)S(C)(=O)=O)[C@H](Cc2ccccc2)C(=O)NC2CCCCC2)cc1. The minimum absolute atomic E-state index is 0.0399. The number of nitrogens with one attached hydrogen (secondary N) is 1. The third-order valence-corrected chi connectivity index (χ3v) is 9.16. The van der Waals surface area contributed by atoms with Crippen LogP contribution in [0.1, 0.15) is 48.8 Å². The maximum absolute atomic E-state index is 14.3. The zero-order valence-electron chi connectivity index (χ0n) is 24.7. The van der Waals surface area contributed by atoms with Crippen molar-refractivity contribution in [3.05, 3.63) is 89.5 Å². The van der Waals surface area contributed by atoms with Gasteiger partial charge in [-0.25, -0.2) is 8.42 Å². The number of sulfonamides is 1. The maximum Gasteiger partial charge on any atom is 0.244 e. The highest BCUT2D eigenvalue weighted by molar-refractivity contribution is 7.92. The van der Waals surface area contributed by atoms with Crippen molar-refractivity contribution in [3.63, 3.8) is 0 Å². The van der Waals surface area contributed by atoms with Gasteiger partial charge in [0.15, 0.2) is 11.5 Å². The third kappa shape index (κ3) is 7.87.